The summed E-state index contributed by atoms with van der Waals surface area (Å²) in [5.74, 6) is -0.102. The molecule has 5 nitrogen and oxygen atoms in total. The predicted octanol–water partition coefficient (Wildman–Crippen LogP) is 1.34. The highest BCUT2D eigenvalue weighted by Gasteiger charge is 2.12. The third-order valence-corrected chi connectivity index (χ3v) is 2.96. The second-order valence-corrected chi connectivity index (χ2v) is 4.67. The third kappa shape index (κ3) is 2.66. The highest BCUT2D eigenvalue weighted by molar-refractivity contribution is 5.91. The Morgan fingerprint density at radius 3 is 2.68 bits per heavy atom. The molecule has 0 saturated carbocycles. The molecule has 1 heterocycles. The van der Waals surface area contributed by atoms with Gasteiger partial charge in [0.25, 0.3) is 5.91 Å². The van der Waals surface area contributed by atoms with Crippen LogP contribution >= 0.6 is 0 Å². The molecular formula is C14H18N4O. The summed E-state index contributed by atoms with van der Waals surface area (Å²) in [6.07, 6.45) is 1.79. The summed E-state index contributed by atoms with van der Waals surface area (Å²) in [4.78, 5) is 13.3. The molecule has 1 amide bonds. The fourth-order valence-electron chi connectivity index (χ4n) is 1.90. The smallest absolute Gasteiger partial charge is 0.273 e. The summed E-state index contributed by atoms with van der Waals surface area (Å²) in [5.41, 5.74) is 9.16. The lowest BCUT2D eigenvalue weighted by Crippen LogP contribution is -2.22. The average Bonchev–Trinajstić information content (AvgIpc) is 2.86. The number of benzene rings is 1. The van der Waals surface area contributed by atoms with Gasteiger partial charge in [-0.05, 0) is 30.2 Å². The molecule has 0 spiro atoms. The fraction of sp³-hybridized carbons (Fsp3) is 0.286. The molecule has 0 radical (unpaired) electrons. The lowest BCUT2D eigenvalue weighted by Gasteiger charge is -2.09. The van der Waals surface area contributed by atoms with Crippen molar-refractivity contribution in [3.8, 4) is 5.69 Å². The molecule has 0 saturated heterocycles. The van der Waals surface area contributed by atoms with Crippen molar-refractivity contribution in [1.29, 1.82) is 0 Å². The van der Waals surface area contributed by atoms with E-state index in [-0.39, 0.29) is 5.91 Å². The third-order valence-electron chi connectivity index (χ3n) is 2.96. The van der Waals surface area contributed by atoms with Crippen LogP contribution in [0, 0.1) is 6.92 Å². The van der Waals surface area contributed by atoms with Gasteiger partial charge in [-0.2, -0.15) is 5.10 Å². The monoisotopic (exact) mass is 258 g/mol. The number of aromatic nitrogens is 2. The SMILES string of the molecule is Cc1cc(CN)ccc1-n1ccc(C(=O)N(C)C)n1. The normalized spacial score (nSPS) is 10.5. The predicted molar refractivity (Wildman–Crippen MR) is 74.2 cm³/mol. The van der Waals surface area contributed by atoms with Crippen LogP contribution < -0.4 is 5.73 Å². The molecule has 19 heavy (non-hydrogen) atoms. The standard InChI is InChI=1S/C14H18N4O/c1-10-8-11(9-15)4-5-13(10)18-7-6-12(16-18)14(19)17(2)3/h4-8H,9,15H2,1-3H3. The number of carbonyl (C=O) groups excluding carboxylic acids is 1. The molecule has 1 aromatic carbocycles. The van der Waals surface area contributed by atoms with Crippen LogP contribution in [0.1, 0.15) is 21.6 Å². The first kappa shape index (κ1) is 13.3. The lowest BCUT2D eigenvalue weighted by molar-refractivity contribution is 0.0821. The van der Waals surface area contributed by atoms with E-state index >= 15 is 0 Å². The van der Waals surface area contributed by atoms with Gasteiger partial charge in [0.05, 0.1) is 5.69 Å². The van der Waals surface area contributed by atoms with Gasteiger partial charge in [0.2, 0.25) is 0 Å². The molecule has 0 aliphatic rings. The number of rotatable bonds is 3. The van der Waals surface area contributed by atoms with Crippen LogP contribution in [0.2, 0.25) is 0 Å². The molecule has 5 heteroatoms. The maximum absolute atomic E-state index is 11.8. The highest BCUT2D eigenvalue weighted by Crippen LogP contribution is 2.15. The van der Waals surface area contributed by atoms with E-state index in [2.05, 4.69) is 5.10 Å². The van der Waals surface area contributed by atoms with Crippen molar-refractivity contribution in [3.05, 3.63) is 47.3 Å². The zero-order chi connectivity index (χ0) is 14.0. The Kier molecular flexibility index (Phi) is 3.66. The quantitative estimate of drug-likeness (QED) is 0.903. The van der Waals surface area contributed by atoms with Crippen LogP contribution in [0.3, 0.4) is 0 Å². The largest absolute Gasteiger partial charge is 0.343 e. The second kappa shape index (κ2) is 5.24. The van der Waals surface area contributed by atoms with Crippen LogP contribution in [0.15, 0.2) is 30.5 Å². The molecule has 0 fully saturated rings. The summed E-state index contributed by atoms with van der Waals surface area (Å²) in [5, 5.41) is 4.31. The Balaban J connectivity index is 2.35. The lowest BCUT2D eigenvalue weighted by atomic mass is 10.1. The molecule has 0 unspecified atom stereocenters. The van der Waals surface area contributed by atoms with Gasteiger partial charge >= 0.3 is 0 Å². The zero-order valence-electron chi connectivity index (χ0n) is 11.4. The Bertz CT molecular complexity index is 601. The van der Waals surface area contributed by atoms with E-state index < -0.39 is 0 Å². The van der Waals surface area contributed by atoms with Gasteiger partial charge in [-0.25, -0.2) is 4.68 Å². The minimum Gasteiger partial charge on any atom is -0.343 e. The summed E-state index contributed by atoms with van der Waals surface area (Å²) in [7, 11) is 3.42. The molecule has 0 bridgehead atoms. The van der Waals surface area contributed by atoms with Crippen LogP contribution in [0.25, 0.3) is 5.69 Å². The topological polar surface area (TPSA) is 64.2 Å². The fourth-order valence-corrected chi connectivity index (χ4v) is 1.90. The molecule has 1 aromatic heterocycles. The molecule has 0 aliphatic carbocycles. The Morgan fingerprint density at radius 2 is 2.11 bits per heavy atom. The van der Waals surface area contributed by atoms with Crippen LogP contribution in [-0.2, 0) is 6.54 Å². The number of carbonyl (C=O) groups is 1. The summed E-state index contributed by atoms with van der Waals surface area (Å²) >= 11 is 0. The molecule has 100 valence electrons. The van der Waals surface area contributed by atoms with Gasteiger partial charge in [-0.15, -0.1) is 0 Å². The van der Waals surface area contributed by atoms with Crippen molar-refractivity contribution in [1.82, 2.24) is 14.7 Å². The number of amides is 1. The first-order valence-corrected chi connectivity index (χ1v) is 6.10. The Hall–Kier alpha value is -2.14. The molecule has 2 aromatic rings. The van der Waals surface area contributed by atoms with Gasteiger partial charge in [-0.3, -0.25) is 4.79 Å². The van der Waals surface area contributed by atoms with Gasteiger partial charge in [0.15, 0.2) is 5.69 Å². The average molecular weight is 258 g/mol. The Labute approximate surface area is 112 Å². The van der Waals surface area contributed by atoms with Gasteiger partial charge in [-0.1, -0.05) is 12.1 Å². The van der Waals surface area contributed by atoms with E-state index in [9.17, 15) is 4.79 Å². The maximum Gasteiger partial charge on any atom is 0.273 e. The number of hydrogen-bond donors (Lipinski definition) is 1. The van der Waals surface area contributed by atoms with Crippen LogP contribution in [0.4, 0.5) is 0 Å². The summed E-state index contributed by atoms with van der Waals surface area (Å²) < 4.78 is 1.71. The van der Waals surface area contributed by atoms with Crippen molar-refractivity contribution in [3.63, 3.8) is 0 Å². The van der Waals surface area contributed by atoms with Crippen molar-refractivity contribution in [2.75, 3.05) is 14.1 Å². The first-order chi connectivity index (χ1) is 9.02. The summed E-state index contributed by atoms with van der Waals surface area (Å²) in [6.45, 7) is 2.52. The van der Waals surface area contributed by atoms with Crippen LogP contribution in [-0.4, -0.2) is 34.7 Å². The maximum atomic E-state index is 11.8. The minimum absolute atomic E-state index is 0.102. The minimum atomic E-state index is -0.102. The second-order valence-electron chi connectivity index (χ2n) is 4.67. The van der Waals surface area contributed by atoms with Gasteiger partial charge < -0.3 is 10.6 Å². The van der Waals surface area contributed by atoms with E-state index in [1.807, 2.05) is 25.1 Å². The van der Waals surface area contributed by atoms with E-state index in [4.69, 9.17) is 5.73 Å². The number of nitrogens with two attached hydrogens (primary N) is 1. The molecule has 0 aliphatic heterocycles. The highest BCUT2D eigenvalue weighted by atomic mass is 16.2. The van der Waals surface area contributed by atoms with Crippen LogP contribution in [0.5, 0.6) is 0 Å². The van der Waals surface area contributed by atoms with Crippen molar-refractivity contribution in [2.45, 2.75) is 13.5 Å². The molecule has 0 atom stereocenters. The molecule has 2 N–H and O–H groups in total. The first-order valence-electron chi connectivity index (χ1n) is 6.10. The number of aryl methyl sites for hydroxylation is 1. The zero-order valence-corrected chi connectivity index (χ0v) is 11.4. The van der Waals surface area contributed by atoms with E-state index in [0.717, 1.165) is 16.8 Å². The Morgan fingerprint density at radius 1 is 1.37 bits per heavy atom. The van der Waals surface area contributed by atoms with Crippen molar-refractivity contribution >= 4 is 5.91 Å². The molecule has 2 rings (SSSR count). The van der Waals surface area contributed by atoms with Crippen molar-refractivity contribution in [2.24, 2.45) is 5.73 Å². The molecular weight excluding hydrogens is 240 g/mol. The van der Waals surface area contributed by atoms with E-state index in [0.29, 0.717) is 12.2 Å². The van der Waals surface area contributed by atoms with Crippen molar-refractivity contribution < 1.29 is 4.79 Å². The van der Waals surface area contributed by atoms with E-state index in [1.165, 1.54) is 4.90 Å². The van der Waals surface area contributed by atoms with Gasteiger partial charge in [0.1, 0.15) is 0 Å². The number of hydrogen-bond acceptors (Lipinski definition) is 3. The number of nitrogens with zero attached hydrogens (tertiary/aromatic N) is 3. The van der Waals surface area contributed by atoms with Gasteiger partial charge in [0, 0.05) is 26.8 Å². The summed E-state index contributed by atoms with van der Waals surface area (Å²) in [6, 6.07) is 7.69. The van der Waals surface area contributed by atoms with E-state index in [1.54, 1.807) is 31.0 Å².